The molecular weight excluding hydrogens is 288 g/mol. The van der Waals surface area contributed by atoms with Crippen LogP contribution in [0.3, 0.4) is 0 Å². The number of nitroso groups, excluding NO2 is 1. The first-order valence-electron chi connectivity index (χ1n) is 8.40. The van der Waals surface area contributed by atoms with Crippen LogP contribution in [0.2, 0.25) is 0 Å². The predicted octanol–water partition coefficient (Wildman–Crippen LogP) is 4.09. The summed E-state index contributed by atoms with van der Waals surface area (Å²) < 4.78 is 0. The molecule has 1 unspecified atom stereocenters. The van der Waals surface area contributed by atoms with Crippen molar-refractivity contribution < 1.29 is 0 Å². The maximum Gasteiger partial charge on any atom is 0.198 e. The third-order valence-electron chi connectivity index (χ3n) is 3.91. The van der Waals surface area contributed by atoms with Crippen LogP contribution >= 0.6 is 0 Å². The van der Waals surface area contributed by atoms with Gasteiger partial charge in [0.15, 0.2) is 5.84 Å². The van der Waals surface area contributed by atoms with Gasteiger partial charge in [0, 0.05) is 17.8 Å². The Balaban J connectivity index is 2.28. The molecule has 5 nitrogen and oxygen atoms in total. The first-order chi connectivity index (χ1) is 11.2. The van der Waals surface area contributed by atoms with Crippen molar-refractivity contribution in [2.24, 2.45) is 10.2 Å². The average Bonchev–Trinajstić information content (AvgIpc) is 2.56. The second-order valence-electron chi connectivity index (χ2n) is 5.82. The van der Waals surface area contributed by atoms with Crippen LogP contribution in [0.25, 0.3) is 6.08 Å². The monoisotopic (exact) mass is 314 g/mol. The largest absolute Gasteiger partial charge is 0.365 e. The number of nitrogens with zero attached hydrogens (tertiary/aromatic N) is 2. The van der Waals surface area contributed by atoms with Crippen LogP contribution < -0.4 is 10.6 Å². The molecule has 1 aliphatic rings. The zero-order valence-corrected chi connectivity index (χ0v) is 14.2. The maximum atomic E-state index is 11.2. The fraction of sp³-hybridized carbons (Fsp3) is 0.500. The molecule has 1 aliphatic heterocycles. The van der Waals surface area contributed by atoms with Crippen molar-refractivity contribution in [2.45, 2.75) is 46.2 Å². The lowest BCUT2D eigenvalue weighted by Crippen LogP contribution is -2.42. The van der Waals surface area contributed by atoms with Gasteiger partial charge in [0.25, 0.3) is 0 Å². The molecule has 0 radical (unpaired) electrons. The minimum atomic E-state index is -0.134. The predicted molar refractivity (Wildman–Crippen MR) is 97.9 cm³/mol. The number of aliphatic imine (C=N–C) groups is 1. The lowest BCUT2D eigenvalue weighted by molar-refractivity contribution is 0.583. The van der Waals surface area contributed by atoms with Crippen LogP contribution in [0.15, 0.2) is 33.9 Å². The van der Waals surface area contributed by atoms with E-state index >= 15 is 0 Å². The molecule has 0 saturated heterocycles. The summed E-state index contributed by atoms with van der Waals surface area (Å²) in [5, 5.41) is 10.1. The van der Waals surface area contributed by atoms with Crippen molar-refractivity contribution in [3.8, 4) is 0 Å². The molecule has 0 spiro atoms. The van der Waals surface area contributed by atoms with Gasteiger partial charge in [-0.15, -0.1) is 4.91 Å². The van der Waals surface area contributed by atoms with Gasteiger partial charge in [-0.05, 0) is 55.8 Å². The number of aryl methyl sites for hydroxylation is 1. The van der Waals surface area contributed by atoms with Gasteiger partial charge in [-0.25, -0.2) is 0 Å². The minimum Gasteiger partial charge on any atom is -0.365 e. The van der Waals surface area contributed by atoms with Crippen molar-refractivity contribution in [3.63, 3.8) is 0 Å². The highest BCUT2D eigenvalue weighted by atomic mass is 16.3. The van der Waals surface area contributed by atoms with Gasteiger partial charge in [0.05, 0.1) is 0 Å². The number of unbranched alkanes of at least 4 members (excludes halogenated alkanes) is 2. The Morgan fingerprint density at radius 3 is 2.83 bits per heavy atom. The zero-order valence-electron chi connectivity index (χ0n) is 14.2. The van der Waals surface area contributed by atoms with Crippen LogP contribution in [-0.4, -0.2) is 25.1 Å². The Hall–Kier alpha value is -2.01. The van der Waals surface area contributed by atoms with Gasteiger partial charge in [0.1, 0.15) is 6.17 Å². The van der Waals surface area contributed by atoms with Crippen LogP contribution in [-0.2, 0) is 0 Å². The summed E-state index contributed by atoms with van der Waals surface area (Å²) in [6, 6.07) is 6.26. The van der Waals surface area contributed by atoms with E-state index in [0.29, 0.717) is 6.54 Å². The standard InChI is InChI=1S/C18H26N4O/c1-4-6-7-10-20-17-15(18(22-23)19-5-2)12-14-11-13(3)8-9-16(14)21-17/h8-9,11-12,17,20-21H,4-7,10H2,1-3H3/b19-18-. The molecule has 0 aromatic heterocycles. The van der Waals surface area contributed by atoms with Gasteiger partial charge in [-0.1, -0.05) is 31.4 Å². The lowest BCUT2D eigenvalue weighted by atomic mass is 9.99. The summed E-state index contributed by atoms with van der Waals surface area (Å²) in [4.78, 5) is 15.5. The van der Waals surface area contributed by atoms with E-state index < -0.39 is 0 Å². The molecule has 2 N–H and O–H groups in total. The number of fused-ring (bicyclic) bond motifs is 1. The van der Waals surface area contributed by atoms with Gasteiger partial charge in [-0.3, -0.25) is 10.3 Å². The van der Waals surface area contributed by atoms with E-state index in [9.17, 15) is 4.91 Å². The van der Waals surface area contributed by atoms with E-state index in [2.05, 4.69) is 52.8 Å². The van der Waals surface area contributed by atoms with E-state index in [1.807, 2.05) is 13.0 Å². The fourth-order valence-electron chi connectivity index (χ4n) is 2.72. The third kappa shape index (κ3) is 4.48. The topological polar surface area (TPSA) is 65.8 Å². The van der Waals surface area contributed by atoms with Crippen molar-refractivity contribution >= 4 is 17.6 Å². The normalized spacial score (nSPS) is 17.3. The highest BCUT2D eigenvalue weighted by Crippen LogP contribution is 2.28. The summed E-state index contributed by atoms with van der Waals surface area (Å²) in [7, 11) is 0. The van der Waals surface area contributed by atoms with E-state index in [1.165, 1.54) is 18.4 Å². The highest BCUT2D eigenvalue weighted by molar-refractivity contribution is 6.05. The number of nitrogens with one attached hydrogen (secondary N) is 2. The molecule has 0 amide bonds. The molecule has 1 aromatic rings. The van der Waals surface area contributed by atoms with Crippen LogP contribution in [0.5, 0.6) is 0 Å². The quantitative estimate of drug-likeness (QED) is 0.345. The fourth-order valence-corrected chi connectivity index (χ4v) is 2.72. The van der Waals surface area contributed by atoms with Gasteiger partial charge in [-0.2, -0.15) is 0 Å². The highest BCUT2D eigenvalue weighted by Gasteiger charge is 2.24. The first-order valence-corrected chi connectivity index (χ1v) is 8.40. The van der Waals surface area contributed by atoms with Crippen molar-refractivity contribution in [3.05, 3.63) is 39.8 Å². The summed E-state index contributed by atoms with van der Waals surface area (Å²) in [6.07, 6.45) is 5.37. The number of anilines is 1. The Morgan fingerprint density at radius 2 is 2.13 bits per heavy atom. The SMILES string of the molecule is CCCCCNC1Nc2ccc(C)cc2C=C1/C(N=O)=N/CC. The second kappa shape index (κ2) is 8.58. The summed E-state index contributed by atoms with van der Waals surface area (Å²) in [5.41, 5.74) is 4.13. The lowest BCUT2D eigenvalue weighted by Gasteiger charge is -2.28. The smallest absolute Gasteiger partial charge is 0.198 e. The Labute approximate surface area is 138 Å². The van der Waals surface area contributed by atoms with E-state index in [-0.39, 0.29) is 12.0 Å². The van der Waals surface area contributed by atoms with Crippen molar-refractivity contribution in [1.82, 2.24) is 5.32 Å². The number of benzene rings is 1. The molecule has 2 rings (SSSR count). The van der Waals surface area contributed by atoms with Crippen LogP contribution in [0, 0.1) is 11.8 Å². The number of hydrogen-bond acceptors (Lipinski definition) is 4. The molecule has 0 aliphatic carbocycles. The van der Waals surface area contributed by atoms with Crippen LogP contribution in [0.4, 0.5) is 5.69 Å². The molecule has 0 bridgehead atoms. The van der Waals surface area contributed by atoms with E-state index in [0.717, 1.165) is 29.8 Å². The molecule has 5 heteroatoms. The third-order valence-corrected chi connectivity index (χ3v) is 3.91. The molecule has 0 fully saturated rings. The average molecular weight is 314 g/mol. The molecular formula is C18H26N4O. The molecule has 1 heterocycles. The second-order valence-corrected chi connectivity index (χ2v) is 5.82. The maximum absolute atomic E-state index is 11.2. The van der Waals surface area contributed by atoms with Crippen molar-refractivity contribution in [2.75, 3.05) is 18.4 Å². The van der Waals surface area contributed by atoms with Gasteiger partial charge < -0.3 is 5.32 Å². The number of hydrogen-bond donors (Lipinski definition) is 2. The first kappa shape index (κ1) is 17.3. The molecule has 124 valence electrons. The molecule has 1 atom stereocenters. The summed E-state index contributed by atoms with van der Waals surface area (Å²) in [6.45, 7) is 7.58. The molecule has 0 saturated carbocycles. The zero-order chi connectivity index (χ0) is 16.7. The summed E-state index contributed by atoms with van der Waals surface area (Å²) >= 11 is 0. The van der Waals surface area contributed by atoms with Gasteiger partial charge in [0.2, 0.25) is 0 Å². The Bertz CT molecular complexity index is 607. The molecule has 1 aromatic carbocycles. The van der Waals surface area contributed by atoms with E-state index in [1.54, 1.807) is 0 Å². The summed E-state index contributed by atoms with van der Waals surface area (Å²) in [5.74, 6) is 0.278. The number of amidine groups is 1. The van der Waals surface area contributed by atoms with Crippen molar-refractivity contribution in [1.29, 1.82) is 0 Å². The van der Waals surface area contributed by atoms with Gasteiger partial charge >= 0.3 is 0 Å². The Kier molecular flexibility index (Phi) is 6.47. The van der Waals surface area contributed by atoms with E-state index in [4.69, 9.17) is 0 Å². The molecule has 23 heavy (non-hydrogen) atoms. The minimum absolute atomic E-state index is 0.134. The number of rotatable bonds is 7. The van der Waals surface area contributed by atoms with Crippen LogP contribution in [0.1, 0.15) is 44.2 Å². The Morgan fingerprint density at radius 1 is 1.30 bits per heavy atom.